The zero-order valence-electron chi connectivity index (χ0n) is 21.8. The standard InChI is InChI=1S/C29H34ClF2N3O3/c1-28(2,3)14-22-29(19-12-7-15(30)13-21(19)34-27(29)38)23(18-5-4-6-20(31)24(18)32)25(35-22)26(37)33-16-8-10-17(36)11-9-16/h4-7,12-13,16-17,22-23,25,35-36H,8-11,14H2,1-3H3,(H,33,37)(H,34,38)/t16-,17-,22-,23+,25-,29+/m1/s1. The molecule has 2 aromatic carbocycles. The van der Waals surface area contributed by atoms with Crippen molar-refractivity contribution in [1.29, 1.82) is 0 Å². The average molecular weight is 546 g/mol. The second-order valence-corrected chi connectivity index (χ2v) is 12.5. The van der Waals surface area contributed by atoms with Gasteiger partial charge in [0, 0.05) is 28.7 Å². The topological polar surface area (TPSA) is 90.5 Å². The van der Waals surface area contributed by atoms with E-state index in [1.807, 2.05) is 20.8 Å². The fourth-order valence-electron chi connectivity index (χ4n) is 6.66. The Morgan fingerprint density at radius 1 is 1.16 bits per heavy atom. The number of halogens is 3. The van der Waals surface area contributed by atoms with Crippen LogP contribution in [-0.2, 0) is 15.0 Å². The maximum atomic E-state index is 15.5. The van der Waals surface area contributed by atoms with Crippen LogP contribution in [-0.4, -0.2) is 41.2 Å². The summed E-state index contributed by atoms with van der Waals surface area (Å²) in [5.74, 6) is -3.87. The lowest BCUT2D eigenvalue weighted by molar-refractivity contribution is -0.124. The first-order valence-corrected chi connectivity index (χ1v) is 13.6. The van der Waals surface area contributed by atoms with Crippen molar-refractivity contribution in [2.75, 3.05) is 5.32 Å². The summed E-state index contributed by atoms with van der Waals surface area (Å²) in [4.78, 5) is 28.0. The molecule has 0 aromatic heterocycles. The van der Waals surface area contributed by atoms with Crippen molar-refractivity contribution in [3.8, 4) is 0 Å². The van der Waals surface area contributed by atoms with E-state index in [4.69, 9.17) is 11.6 Å². The number of hydrogen-bond acceptors (Lipinski definition) is 4. The highest BCUT2D eigenvalue weighted by Crippen LogP contribution is 2.57. The van der Waals surface area contributed by atoms with Gasteiger partial charge in [0.25, 0.3) is 0 Å². The largest absolute Gasteiger partial charge is 0.393 e. The van der Waals surface area contributed by atoms with Gasteiger partial charge >= 0.3 is 0 Å². The van der Waals surface area contributed by atoms with Crippen molar-refractivity contribution >= 4 is 29.1 Å². The fraction of sp³-hybridized carbons (Fsp3) is 0.517. The highest BCUT2D eigenvalue weighted by atomic mass is 35.5. The van der Waals surface area contributed by atoms with E-state index < -0.39 is 35.1 Å². The van der Waals surface area contributed by atoms with Gasteiger partial charge in [0.2, 0.25) is 11.8 Å². The molecule has 0 unspecified atom stereocenters. The van der Waals surface area contributed by atoms with Crippen LogP contribution >= 0.6 is 11.6 Å². The molecule has 2 aromatic rings. The summed E-state index contributed by atoms with van der Waals surface area (Å²) in [6.07, 6.45) is 2.52. The summed E-state index contributed by atoms with van der Waals surface area (Å²) in [5, 5.41) is 19.7. The van der Waals surface area contributed by atoms with Crippen molar-refractivity contribution < 1.29 is 23.5 Å². The van der Waals surface area contributed by atoms with Crippen molar-refractivity contribution in [1.82, 2.24) is 10.6 Å². The van der Waals surface area contributed by atoms with Gasteiger partial charge in [0.1, 0.15) is 5.41 Å². The molecular formula is C29H34ClF2N3O3. The molecule has 2 fully saturated rings. The molecule has 0 bridgehead atoms. The molecule has 2 amide bonds. The van der Waals surface area contributed by atoms with Crippen molar-refractivity contribution in [2.45, 2.75) is 88.4 Å². The van der Waals surface area contributed by atoms with Crippen LogP contribution in [0.4, 0.5) is 14.5 Å². The van der Waals surface area contributed by atoms with Gasteiger partial charge in [-0.25, -0.2) is 8.78 Å². The number of hydrogen-bond donors (Lipinski definition) is 4. The quantitative estimate of drug-likeness (QED) is 0.445. The van der Waals surface area contributed by atoms with E-state index in [9.17, 15) is 19.1 Å². The van der Waals surface area contributed by atoms with Gasteiger partial charge in [0.15, 0.2) is 11.6 Å². The Morgan fingerprint density at radius 3 is 2.55 bits per heavy atom. The van der Waals surface area contributed by atoms with Gasteiger partial charge in [-0.1, -0.05) is 50.6 Å². The average Bonchev–Trinajstić information content (AvgIpc) is 3.31. The number of carbonyl (C=O) groups is 2. The number of amides is 2. The number of aliphatic hydroxyl groups is 1. The predicted molar refractivity (Wildman–Crippen MR) is 142 cm³/mol. The molecule has 2 aliphatic heterocycles. The highest BCUT2D eigenvalue weighted by molar-refractivity contribution is 6.31. The van der Waals surface area contributed by atoms with Crippen molar-refractivity contribution in [3.63, 3.8) is 0 Å². The molecule has 3 aliphatic rings. The third-order valence-corrected chi connectivity index (χ3v) is 8.50. The molecule has 1 saturated heterocycles. The first kappa shape index (κ1) is 27.0. The minimum atomic E-state index is -1.38. The number of rotatable bonds is 4. The van der Waals surface area contributed by atoms with E-state index >= 15 is 4.39 Å². The Hall–Kier alpha value is -2.55. The Morgan fingerprint density at radius 2 is 1.87 bits per heavy atom. The van der Waals surface area contributed by atoms with E-state index in [2.05, 4.69) is 16.0 Å². The summed E-state index contributed by atoms with van der Waals surface area (Å²) < 4.78 is 30.2. The third-order valence-electron chi connectivity index (χ3n) is 8.26. The van der Waals surface area contributed by atoms with Gasteiger partial charge in [-0.3, -0.25) is 9.59 Å². The zero-order valence-corrected chi connectivity index (χ0v) is 22.5. The van der Waals surface area contributed by atoms with Gasteiger partial charge in [0.05, 0.1) is 12.1 Å². The van der Waals surface area contributed by atoms with E-state index in [1.165, 1.54) is 12.1 Å². The third kappa shape index (κ3) is 4.61. The lowest BCUT2D eigenvalue weighted by Crippen LogP contribution is -2.50. The summed E-state index contributed by atoms with van der Waals surface area (Å²) in [6.45, 7) is 6.11. The first-order valence-electron chi connectivity index (χ1n) is 13.2. The molecule has 1 spiro atoms. The van der Waals surface area contributed by atoms with Crippen LogP contribution in [0, 0.1) is 17.0 Å². The summed E-state index contributed by atoms with van der Waals surface area (Å²) in [5.41, 5.74) is -0.542. The van der Waals surface area contributed by atoms with Crippen LogP contribution in [0.25, 0.3) is 0 Å². The fourth-order valence-corrected chi connectivity index (χ4v) is 6.84. The summed E-state index contributed by atoms with van der Waals surface area (Å²) >= 11 is 6.25. The highest BCUT2D eigenvalue weighted by Gasteiger charge is 2.66. The molecule has 204 valence electrons. The second kappa shape index (κ2) is 9.88. The molecule has 5 rings (SSSR count). The smallest absolute Gasteiger partial charge is 0.238 e. The number of carbonyl (C=O) groups excluding carboxylic acids is 2. The SMILES string of the molecule is CC(C)(C)C[C@H]1N[C@@H](C(=O)N[C@H]2CC[C@H](O)CC2)[C@H](c2cccc(F)c2F)[C@@]12C(=O)Nc1cc(Cl)ccc12. The lowest BCUT2D eigenvalue weighted by Gasteiger charge is -2.37. The monoisotopic (exact) mass is 545 g/mol. The molecule has 9 heteroatoms. The number of benzene rings is 2. The lowest BCUT2D eigenvalue weighted by atomic mass is 9.62. The van der Waals surface area contributed by atoms with E-state index in [-0.39, 0.29) is 34.9 Å². The van der Waals surface area contributed by atoms with E-state index in [1.54, 1.807) is 18.2 Å². The predicted octanol–water partition coefficient (Wildman–Crippen LogP) is 4.79. The molecule has 4 N–H and O–H groups in total. The number of anilines is 1. The zero-order chi connectivity index (χ0) is 27.4. The first-order chi connectivity index (χ1) is 17.9. The van der Waals surface area contributed by atoms with Crippen LogP contribution in [0.3, 0.4) is 0 Å². The van der Waals surface area contributed by atoms with E-state index in [0.717, 1.165) is 6.07 Å². The second-order valence-electron chi connectivity index (χ2n) is 12.1. The van der Waals surface area contributed by atoms with Gasteiger partial charge in [-0.05, 0) is 66.8 Å². The van der Waals surface area contributed by atoms with Crippen molar-refractivity contribution in [2.24, 2.45) is 5.41 Å². The maximum Gasteiger partial charge on any atom is 0.238 e. The Balaban J connectivity index is 1.67. The molecule has 1 saturated carbocycles. The van der Waals surface area contributed by atoms with Crippen LogP contribution < -0.4 is 16.0 Å². The molecule has 2 heterocycles. The molecule has 0 radical (unpaired) electrons. The van der Waals surface area contributed by atoms with Crippen LogP contribution in [0.1, 0.15) is 69.9 Å². The van der Waals surface area contributed by atoms with Crippen LogP contribution in [0.5, 0.6) is 0 Å². The van der Waals surface area contributed by atoms with Crippen LogP contribution in [0.15, 0.2) is 36.4 Å². The number of nitrogens with one attached hydrogen (secondary N) is 3. The Bertz CT molecular complexity index is 1260. The van der Waals surface area contributed by atoms with Crippen molar-refractivity contribution in [3.05, 3.63) is 64.2 Å². The van der Waals surface area contributed by atoms with Gasteiger partial charge < -0.3 is 21.1 Å². The Labute approximate surface area is 226 Å². The minimum Gasteiger partial charge on any atom is -0.393 e. The summed E-state index contributed by atoms with van der Waals surface area (Å²) in [6, 6.07) is 7.28. The Kier molecular flexibility index (Phi) is 7.03. The minimum absolute atomic E-state index is 0.0222. The molecule has 6 nitrogen and oxygen atoms in total. The maximum absolute atomic E-state index is 15.5. The molecule has 38 heavy (non-hydrogen) atoms. The number of aliphatic hydroxyl groups excluding tert-OH is 1. The van der Waals surface area contributed by atoms with Crippen LogP contribution in [0.2, 0.25) is 5.02 Å². The van der Waals surface area contributed by atoms with E-state index in [0.29, 0.717) is 48.4 Å². The van der Waals surface area contributed by atoms with Gasteiger partial charge in [-0.2, -0.15) is 0 Å². The number of fused-ring (bicyclic) bond motifs is 2. The summed E-state index contributed by atoms with van der Waals surface area (Å²) in [7, 11) is 0. The molecule has 1 aliphatic carbocycles. The molecular weight excluding hydrogens is 512 g/mol. The molecule has 4 atom stereocenters. The normalized spacial score (nSPS) is 30.8. The van der Waals surface area contributed by atoms with Gasteiger partial charge in [-0.15, -0.1) is 0 Å².